The van der Waals surface area contributed by atoms with Gasteiger partial charge in [0.15, 0.2) is 0 Å². The third-order valence-electron chi connectivity index (χ3n) is 1.24. The van der Waals surface area contributed by atoms with Crippen LogP contribution in [0.3, 0.4) is 0 Å². The minimum absolute atomic E-state index is 0.0417. The molecule has 0 heterocycles. The number of hydrogen-bond acceptors (Lipinski definition) is 2. The highest BCUT2D eigenvalue weighted by molar-refractivity contribution is 5.80. The summed E-state index contributed by atoms with van der Waals surface area (Å²) in [5, 5.41) is 8.89. The molecule has 52 valence electrons. The number of carbonyl (C=O) groups is 1. The molecule has 9 heavy (non-hydrogen) atoms. The van der Waals surface area contributed by atoms with Crippen LogP contribution in [0.1, 0.15) is 13.8 Å². The predicted molar refractivity (Wildman–Crippen MR) is 36.0 cm³/mol. The second kappa shape index (κ2) is 3.41. The van der Waals surface area contributed by atoms with Crippen LogP contribution in [-0.2, 0) is 4.79 Å². The number of aliphatic hydroxyl groups is 1. The first-order chi connectivity index (χ1) is 4.09. The van der Waals surface area contributed by atoms with Gasteiger partial charge in [0.2, 0.25) is 0 Å². The lowest BCUT2D eigenvalue weighted by Crippen LogP contribution is -2.21. The molecule has 0 amide bonds. The van der Waals surface area contributed by atoms with Crippen LogP contribution in [0.5, 0.6) is 0 Å². The van der Waals surface area contributed by atoms with Crippen molar-refractivity contribution in [2.24, 2.45) is 5.92 Å². The molecule has 0 aliphatic rings. The molecule has 2 nitrogen and oxygen atoms in total. The van der Waals surface area contributed by atoms with Gasteiger partial charge in [0.1, 0.15) is 5.78 Å². The van der Waals surface area contributed by atoms with Crippen LogP contribution in [0, 0.1) is 5.92 Å². The third kappa shape index (κ3) is 2.42. The van der Waals surface area contributed by atoms with Gasteiger partial charge >= 0.3 is 0 Å². The second-order valence-corrected chi connectivity index (χ2v) is 2.11. The molecule has 2 heteroatoms. The summed E-state index contributed by atoms with van der Waals surface area (Å²) in [6, 6.07) is 0. The average molecular weight is 128 g/mol. The fraction of sp³-hybridized carbons (Fsp3) is 0.571. The van der Waals surface area contributed by atoms with E-state index in [-0.39, 0.29) is 5.78 Å². The van der Waals surface area contributed by atoms with Crippen molar-refractivity contribution in [3.63, 3.8) is 0 Å². The van der Waals surface area contributed by atoms with Crippen molar-refractivity contribution in [3.05, 3.63) is 12.7 Å². The highest BCUT2D eigenvalue weighted by Crippen LogP contribution is 2.04. The Morgan fingerprint density at radius 2 is 2.22 bits per heavy atom. The fourth-order valence-electron chi connectivity index (χ4n) is 0.703. The molecule has 0 saturated carbocycles. The van der Waals surface area contributed by atoms with Gasteiger partial charge in [-0.2, -0.15) is 0 Å². The van der Waals surface area contributed by atoms with Gasteiger partial charge < -0.3 is 5.11 Å². The number of Topliss-reactive ketones (excluding diaryl/α,β-unsaturated/α-hetero) is 1. The Morgan fingerprint density at radius 3 is 2.22 bits per heavy atom. The van der Waals surface area contributed by atoms with E-state index in [0.29, 0.717) is 0 Å². The summed E-state index contributed by atoms with van der Waals surface area (Å²) in [4.78, 5) is 10.6. The lowest BCUT2D eigenvalue weighted by molar-refractivity contribution is -0.121. The van der Waals surface area contributed by atoms with Crippen LogP contribution in [0.4, 0.5) is 0 Å². The van der Waals surface area contributed by atoms with Gasteiger partial charge in [-0.25, -0.2) is 0 Å². The van der Waals surface area contributed by atoms with Crippen LogP contribution >= 0.6 is 0 Å². The fourth-order valence-corrected chi connectivity index (χ4v) is 0.703. The van der Waals surface area contributed by atoms with Crippen molar-refractivity contribution in [3.8, 4) is 0 Å². The summed E-state index contributed by atoms with van der Waals surface area (Å²) in [6.45, 7) is 6.44. The number of aliphatic hydroxyl groups excluding tert-OH is 1. The molecule has 1 N–H and O–H groups in total. The van der Waals surface area contributed by atoms with Crippen molar-refractivity contribution in [1.29, 1.82) is 0 Å². The molecule has 0 bridgehead atoms. The van der Waals surface area contributed by atoms with Crippen LogP contribution in [0.2, 0.25) is 0 Å². The maximum absolute atomic E-state index is 10.6. The van der Waals surface area contributed by atoms with E-state index in [2.05, 4.69) is 6.58 Å². The molecular weight excluding hydrogens is 116 g/mol. The molecule has 0 spiro atoms. The van der Waals surface area contributed by atoms with Gasteiger partial charge in [-0.15, -0.1) is 6.58 Å². The van der Waals surface area contributed by atoms with E-state index < -0.39 is 12.0 Å². The topological polar surface area (TPSA) is 37.3 Å². The summed E-state index contributed by atoms with van der Waals surface area (Å²) >= 11 is 0. The van der Waals surface area contributed by atoms with Crippen molar-refractivity contribution >= 4 is 5.78 Å². The highest BCUT2D eigenvalue weighted by atomic mass is 16.3. The van der Waals surface area contributed by atoms with E-state index in [1.165, 1.54) is 13.0 Å². The lowest BCUT2D eigenvalue weighted by Gasteiger charge is -2.10. The Balaban J connectivity index is 3.98. The summed E-state index contributed by atoms with van der Waals surface area (Å²) in [6.07, 6.45) is 0.854. The van der Waals surface area contributed by atoms with E-state index >= 15 is 0 Å². The monoisotopic (exact) mass is 128 g/mol. The van der Waals surface area contributed by atoms with Crippen molar-refractivity contribution in [2.75, 3.05) is 0 Å². The lowest BCUT2D eigenvalue weighted by atomic mass is 10.0. The molecule has 0 aromatic heterocycles. The molecule has 0 radical (unpaired) electrons. The van der Waals surface area contributed by atoms with Gasteiger partial charge in [0.25, 0.3) is 0 Å². The van der Waals surface area contributed by atoms with E-state index in [1.807, 2.05) is 0 Å². The van der Waals surface area contributed by atoms with Gasteiger partial charge in [0.05, 0.1) is 12.0 Å². The van der Waals surface area contributed by atoms with E-state index in [1.54, 1.807) is 6.92 Å². The summed E-state index contributed by atoms with van der Waals surface area (Å²) in [5.74, 6) is -0.440. The third-order valence-corrected chi connectivity index (χ3v) is 1.24. The average Bonchev–Trinajstić information content (AvgIpc) is 1.64. The standard InChI is InChI=1S/C7H12O2/c1-4-7(5(2)8)6(3)9/h4-5,7-8H,1H2,2-3H3. The molecule has 0 fully saturated rings. The van der Waals surface area contributed by atoms with Crippen LogP contribution in [-0.4, -0.2) is 17.0 Å². The normalized spacial score (nSPS) is 16.3. The number of rotatable bonds is 3. The largest absolute Gasteiger partial charge is 0.392 e. The zero-order valence-electron chi connectivity index (χ0n) is 5.79. The summed E-state index contributed by atoms with van der Waals surface area (Å²) in [7, 11) is 0. The number of ketones is 1. The Morgan fingerprint density at radius 1 is 1.78 bits per heavy atom. The number of carbonyl (C=O) groups excluding carboxylic acids is 1. The Bertz CT molecular complexity index is 116. The second-order valence-electron chi connectivity index (χ2n) is 2.11. The van der Waals surface area contributed by atoms with Crippen molar-refractivity contribution in [1.82, 2.24) is 0 Å². The van der Waals surface area contributed by atoms with Gasteiger partial charge in [-0.3, -0.25) is 4.79 Å². The molecule has 2 atom stereocenters. The minimum Gasteiger partial charge on any atom is -0.392 e. The Hall–Kier alpha value is -0.630. The van der Waals surface area contributed by atoms with E-state index in [0.717, 1.165) is 0 Å². The van der Waals surface area contributed by atoms with E-state index in [4.69, 9.17) is 5.11 Å². The number of hydrogen-bond donors (Lipinski definition) is 1. The molecule has 0 rings (SSSR count). The SMILES string of the molecule is C=CC(C(C)=O)C(C)O. The quantitative estimate of drug-likeness (QED) is 0.570. The molecule has 0 aromatic rings. The van der Waals surface area contributed by atoms with Crippen molar-refractivity contribution in [2.45, 2.75) is 20.0 Å². The van der Waals surface area contributed by atoms with Gasteiger partial charge in [-0.05, 0) is 13.8 Å². The molecule has 0 aliphatic heterocycles. The van der Waals surface area contributed by atoms with Gasteiger partial charge in [0, 0.05) is 0 Å². The molecule has 0 aromatic carbocycles. The summed E-state index contributed by atoms with van der Waals surface area (Å²) in [5.41, 5.74) is 0. The van der Waals surface area contributed by atoms with Gasteiger partial charge in [-0.1, -0.05) is 6.08 Å². The van der Waals surface area contributed by atoms with E-state index in [9.17, 15) is 4.79 Å². The predicted octanol–water partition coefficient (Wildman–Crippen LogP) is 0.758. The van der Waals surface area contributed by atoms with Crippen LogP contribution in [0.25, 0.3) is 0 Å². The minimum atomic E-state index is -0.611. The zero-order valence-corrected chi connectivity index (χ0v) is 5.79. The Kier molecular flexibility index (Phi) is 3.17. The first-order valence-electron chi connectivity index (χ1n) is 2.90. The maximum atomic E-state index is 10.6. The molecular formula is C7H12O2. The van der Waals surface area contributed by atoms with Crippen LogP contribution in [0.15, 0.2) is 12.7 Å². The first kappa shape index (κ1) is 8.37. The smallest absolute Gasteiger partial charge is 0.139 e. The first-order valence-corrected chi connectivity index (χ1v) is 2.90. The molecule has 2 unspecified atom stereocenters. The molecule has 0 saturated heterocycles. The zero-order chi connectivity index (χ0) is 7.44. The molecule has 0 aliphatic carbocycles. The van der Waals surface area contributed by atoms with Crippen LogP contribution < -0.4 is 0 Å². The maximum Gasteiger partial charge on any atom is 0.139 e. The summed E-state index contributed by atoms with van der Waals surface area (Å²) < 4.78 is 0. The van der Waals surface area contributed by atoms with Crippen molar-refractivity contribution < 1.29 is 9.90 Å². The Labute approximate surface area is 55.2 Å². The highest BCUT2D eigenvalue weighted by Gasteiger charge is 2.14.